The van der Waals surface area contributed by atoms with Gasteiger partial charge in [-0.1, -0.05) is 39.2 Å². The van der Waals surface area contributed by atoms with Crippen molar-refractivity contribution in [2.45, 2.75) is 58.0 Å². The summed E-state index contributed by atoms with van der Waals surface area (Å²) in [5.41, 5.74) is 1.26. The van der Waals surface area contributed by atoms with Gasteiger partial charge in [-0.25, -0.2) is 0 Å². The Morgan fingerprint density at radius 1 is 1.29 bits per heavy atom. The lowest BCUT2D eigenvalue weighted by molar-refractivity contribution is -0.140. The van der Waals surface area contributed by atoms with E-state index in [1.54, 1.807) is 6.08 Å². The zero-order valence-corrected chi connectivity index (χ0v) is 16.8. The molecule has 28 heavy (non-hydrogen) atoms. The van der Waals surface area contributed by atoms with Gasteiger partial charge in [-0.05, 0) is 66.2 Å². The van der Waals surface area contributed by atoms with Crippen molar-refractivity contribution in [2.24, 2.45) is 28.6 Å². The van der Waals surface area contributed by atoms with E-state index in [-0.39, 0.29) is 41.8 Å². The number of allylic oxidation sites excluding steroid dienone is 5. The van der Waals surface area contributed by atoms with Crippen molar-refractivity contribution >= 4 is 11.8 Å². The number of carboxylic acids is 1. The van der Waals surface area contributed by atoms with Gasteiger partial charge in [0, 0.05) is 23.7 Å². The topological polar surface area (TPSA) is 74.6 Å². The van der Waals surface area contributed by atoms with Crippen LogP contribution in [0.2, 0.25) is 0 Å². The number of carbonyl (C=O) groups excluding carboxylic acids is 1. The number of rotatable bonds is 3. The highest BCUT2D eigenvalue weighted by molar-refractivity contribution is 5.93. The highest BCUT2D eigenvalue weighted by atomic mass is 16.4. The van der Waals surface area contributed by atoms with Gasteiger partial charge < -0.3 is 10.2 Å². The van der Waals surface area contributed by atoms with E-state index >= 15 is 0 Å². The Hall–Kier alpha value is -1.94. The molecule has 0 amide bonds. The van der Waals surface area contributed by atoms with Gasteiger partial charge in [0.15, 0.2) is 5.78 Å². The third-order valence-electron chi connectivity index (χ3n) is 8.53. The molecule has 2 saturated carbocycles. The van der Waals surface area contributed by atoms with Gasteiger partial charge in [0.2, 0.25) is 0 Å². The van der Waals surface area contributed by atoms with Crippen LogP contribution in [0.5, 0.6) is 0 Å². The van der Waals surface area contributed by atoms with Crippen LogP contribution < -0.4 is 0 Å². The number of aliphatic carboxylic acids is 1. The van der Waals surface area contributed by atoms with Crippen LogP contribution in [0.25, 0.3) is 0 Å². The van der Waals surface area contributed by atoms with Gasteiger partial charge in [0.1, 0.15) is 0 Å². The first-order valence-corrected chi connectivity index (χ1v) is 10.3. The van der Waals surface area contributed by atoms with Crippen molar-refractivity contribution in [1.29, 1.82) is 0 Å². The molecular formula is C24H30O4. The fraction of sp³-hybridized carbons (Fsp3) is 0.583. The van der Waals surface area contributed by atoms with Crippen molar-refractivity contribution in [3.05, 3.63) is 48.1 Å². The van der Waals surface area contributed by atoms with Gasteiger partial charge in [-0.15, -0.1) is 0 Å². The maximum absolute atomic E-state index is 12.1. The Bertz CT molecular complexity index is 849. The quantitative estimate of drug-likeness (QED) is 0.717. The lowest BCUT2D eigenvalue weighted by Gasteiger charge is -2.57. The number of carbonyl (C=O) groups is 2. The molecule has 0 unspecified atom stereocenters. The zero-order chi connectivity index (χ0) is 20.5. The summed E-state index contributed by atoms with van der Waals surface area (Å²) >= 11 is 0. The Balaban J connectivity index is 1.78. The van der Waals surface area contributed by atoms with Gasteiger partial charge >= 0.3 is 5.97 Å². The maximum Gasteiger partial charge on any atom is 0.303 e. The van der Waals surface area contributed by atoms with E-state index in [9.17, 15) is 14.7 Å². The Morgan fingerprint density at radius 3 is 2.68 bits per heavy atom. The van der Waals surface area contributed by atoms with Gasteiger partial charge in [-0.3, -0.25) is 9.59 Å². The first kappa shape index (κ1) is 19.4. The maximum atomic E-state index is 12.1. The van der Waals surface area contributed by atoms with Crippen molar-refractivity contribution in [1.82, 2.24) is 0 Å². The molecular weight excluding hydrogens is 352 g/mol. The number of carboxylic acid groups (broad SMARTS) is 1. The van der Waals surface area contributed by atoms with Crippen LogP contribution in [0, 0.1) is 28.6 Å². The van der Waals surface area contributed by atoms with E-state index in [0.717, 1.165) is 29.6 Å². The van der Waals surface area contributed by atoms with E-state index in [1.807, 2.05) is 0 Å². The van der Waals surface area contributed by atoms with Gasteiger partial charge in [0.05, 0.1) is 5.60 Å². The molecule has 0 radical (unpaired) electrons. The summed E-state index contributed by atoms with van der Waals surface area (Å²) in [4.78, 5) is 23.2. The third-order valence-corrected chi connectivity index (χ3v) is 8.53. The number of aliphatic hydroxyl groups is 1. The molecule has 0 aromatic rings. The molecule has 6 atom stereocenters. The minimum atomic E-state index is -1.02. The Morgan fingerprint density at radius 2 is 2.00 bits per heavy atom. The molecule has 2 N–H and O–H groups in total. The largest absolute Gasteiger partial charge is 0.481 e. The van der Waals surface area contributed by atoms with E-state index in [4.69, 9.17) is 5.11 Å². The van der Waals surface area contributed by atoms with E-state index < -0.39 is 17.0 Å². The van der Waals surface area contributed by atoms with Crippen LogP contribution in [-0.4, -0.2) is 27.6 Å². The first-order valence-electron chi connectivity index (χ1n) is 10.3. The summed E-state index contributed by atoms with van der Waals surface area (Å²) < 4.78 is 0. The summed E-state index contributed by atoms with van der Waals surface area (Å²) in [5, 5.41) is 20.6. The number of fused-ring (bicyclic) bond motifs is 5. The van der Waals surface area contributed by atoms with Crippen LogP contribution in [0.4, 0.5) is 0 Å². The lowest BCUT2D eigenvalue weighted by atomic mass is 9.47. The van der Waals surface area contributed by atoms with E-state index in [0.29, 0.717) is 12.8 Å². The van der Waals surface area contributed by atoms with Gasteiger partial charge in [-0.2, -0.15) is 0 Å². The molecule has 0 aromatic heterocycles. The fourth-order valence-corrected chi connectivity index (χ4v) is 6.66. The first-order chi connectivity index (χ1) is 13.0. The van der Waals surface area contributed by atoms with Crippen LogP contribution in [0.3, 0.4) is 0 Å². The SMILES string of the molecule is C=C1C(=C)[C@@H]2[C@H](C=C[C@@]3(C)[C@H]2CC[C@]3(O)CCC(=O)O)[C@@]2(C)CCC(=O)C=C12. The second kappa shape index (κ2) is 6.03. The average molecular weight is 383 g/mol. The van der Waals surface area contributed by atoms with Crippen LogP contribution in [0.1, 0.15) is 52.4 Å². The van der Waals surface area contributed by atoms with Gasteiger partial charge in [0.25, 0.3) is 0 Å². The van der Waals surface area contributed by atoms with Crippen LogP contribution in [-0.2, 0) is 9.59 Å². The molecule has 4 aliphatic carbocycles. The summed E-state index contributed by atoms with van der Waals surface area (Å²) in [6.45, 7) is 13.0. The summed E-state index contributed by atoms with van der Waals surface area (Å²) in [5.74, 6) is -0.126. The molecule has 4 rings (SSSR count). The second-order valence-corrected chi connectivity index (χ2v) is 9.71. The van der Waals surface area contributed by atoms with Crippen molar-refractivity contribution in [2.75, 3.05) is 0 Å². The molecule has 4 heteroatoms. The molecule has 0 aliphatic heterocycles. The molecule has 4 aliphatic rings. The molecule has 0 heterocycles. The Labute approximate surface area is 166 Å². The number of hydrogen-bond donors (Lipinski definition) is 2. The molecule has 0 saturated heterocycles. The number of hydrogen-bond acceptors (Lipinski definition) is 3. The molecule has 2 fully saturated rings. The normalized spacial score (nSPS) is 44.6. The average Bonchev–Trinajstić information content (AvgIpc) is 2.91. The predicted molar refractivity (Wildman–Crippen MR) is 107 cm³/mol. The minimum absolute atomic E-state index is 0.0267. The molecule has 4 nitrogen and oxygen atoms in total. The molecule has 150 valence electrons. The fourth-order valence-electron chi connectivity index (χ4n) is 6.66. The summed E-state index contributed by atoms with van der Waals surface area (Å²) in [7, 11) is 0. The number of ketones is 1. The highest BCUT2D eigenvalue weighted by Crippen LogP contribution is 2.67. The molecule has 0 spiro atoms. The lowest BCUT2D eigenvalue weighted by Crippen LogP contribution is -2.53. The monoisotopic (exact) mass is 382 g/mol. The van der Waals surface area contributed by atoms with Crippen molar-refractivity contribution in [3.63, 3.8) is 0 Å². The molecule has 0 bridgehead atoms. The summed E-state index contributed by atoms with van der Waals surface area (Å²) in [6, 6.07) is 0. The van der Waals surface area contributed by atoms with E-state index in [2.05, 4.69) is 39.2 Å². The Kier molecular flexibility index (Phi) is 4.17. The van der Waals surface area contributed by atoms with Crippen molar-refractivity contribution in [3.8, 4) is 0 Å². The molecule has 0 aromatic carbocycles. The third kappa shape index (κ3) is 2.40. The minimum Gasteiger partial charge on any atom is -0.481 e. The van der Waals surface area contributed by atoms with E-state index in [1.165, 1.54) is 0 Å². The predicted octanol–water partition coefficient (Wildman–Crippen LogP) is 4.22. The summed E-state index contributed by atoms with van der Waals surface area (Å²) in [6.07, 6.45) is 9.19. The van der Waals surface area contributed by atoms with Crippen LogP contribution >= 0.6 is 0 Å². The van der Waals surface area contributed by atoms with Crippen molar-refractivity contribution < 1.29 is 19.8 Å². The van der Waals surface area contributed by atoms with Crippen LogP contribution in [0.15, 0.2) is 48.1 Å². The standard InChI is InChI=1S/C24H30O4/c1-14-15(2)21-17(22(3)9-5-16(25)13-19(14)22)6-10-23(4)18(21)7-11-24(23,28)12-8-20(26)27/h6,10,13,17-18,21,28H,1-2,5,7-9,11-12H2,3-4H3,(H,26,27)/t17-,18-,21+,22+,23-,24-/m0/s1. The zero-order valence-electron chi connectivity index (χ0n) is 16.8. The smallest absolute Gasteiger partial charge is 0.303 e. The highest BCUT2D eigenvalue weighted by Gasteiger charge is 2.63. The second-order valence-electron chi connectivity index (χ2n) is 9.71.